The molecule has 94 valence electrons. The van der Waals surface area contributed by atoms with Crippen LogP contribution in [0.5, 0.6) is 0 Å². The number of rotatable bonds is 2. The Balaban J connectivity index is 0.00000128. The Morgan fingerprint density at radius 3 is 2.88 bits per heavy atom. The van der Waals surface area contributed by atoms with Crippen LogP contribution in [0.3, 0.4) is 0 Å². The number of thioether (sulfide) groups is 2. The molecule has 3 nitrogen and oxygen atoms in total. The molecule has 2 unspecified atom stereocenters. The molecule has 16 heavy (non-hydrogen) atoms. The van der Waals surface area contributed by atoms with Gasteiger partial charge in [0.05, 0.1) is 5.25 Å². The van der Waals surface area contributed by atoms with Crippen molar-refractivity contribution >= 4 is 41.8 Å². The molecule has 1 amide bonds. The van der Waals surface area contributed by atoms with E-state index in [1.165, 1.54) is 5.75 Å². The molecule has 0 spiro atoms. The van der Waals surface area contributed by atoms with Gasteiger partial charge in [0.1, 0.15) is 0 Å². The highest BCUT2D eigenvalue weighted by Crippen LogP contribution is 2.28. The number of carbonyl (C=O) groups is 1. The van der Waals surface area contributed by atoms with Crippen LogP contribution in [0.1, 0.15) is 12.8 Å². The lowest BCUT2D eigenvalue weighted by atomic mass is 10.2. The van der Waals surface area contributed by atoms with E-state index in [2.05, 4.69) is 0 Å². The van der Waals surface area contributed by atoms with Crippen LogP contribution in [0.2, 0.25) is 0 Å². The van der Waals surface area contributed by atoms with Crippen LogP contribution in [0.4, 0.5) is 0 Å². The molecule has 0 bridgehead atoms. The van der Waals surface area contributed by atoms with Gasteiger partial charge in [0.15, 0.2) is 0 Å². The van der Waals surface area contributed by atoms with Gasteiger partial charge in [-0.3, -0.25) is 4.79 Å². The van der Waals surface area contributed by atoms with Gasteiger partial charge in [0.25, 0.3) is 0 Å². The summed E-state index contributed by atoms with van der Waals surface area (Å²) in [5.41, 5.74) is 5.69. The predicted molar refractivity (Wildman–Crippen MR) is 74.6 cm³/mol. The molecule has 2 N–H and O–H groups in total. The minimum absolute atomic E-state index is 0. The molecule has 0 radical (unpaired) electrons. The number of carbonyl (C=O) groups excluding carboxylic acids is 1. The third-order valence-corrected chi connectivity index (χ3v) is 5.77. The molecule has 2 atom stereocenters. The highest BCUT2D eigenvalue weighted by Gasteiger charge is 2.33. The molecule has 2 saturated heterocycles. The van der Waals surface area contributed by atoms with E-state index in [1.54, 1.807) is 0 Å². The summed E-state index contributed by atoms with van der Waals surface area (Å²) in [5, 5.41) is 0.191. The van der Waals surface area contributed by atoms with Gasteiger partial charge in [-0.1, -0.05) is 0 Å². The Labute approximate surface area is 112 Å². The number of nitrogens with two attached hydrogens (primary N) is 1. The maximum atomic E-state index is 12.2. The van der Waals surface area contributed by atoms with E-state index in [1.807, 2.05) is 28.4 Å². The van der Waals surface area contributed by atoms with Gasteiger partial charge in [-0.15, -0.1) is 24.2 Å². The Hall–Kier alpha value is 0.420. The number of nitrogens with zero attached hydrogens (tertiary/aromatic N) is 1. The summed E-state index contributed by atoms with van der Waals surface area (Å²) in [6.45, 7) is 1.54. The van der Waals surface area contributed by atoms with E-state index in [-0.39, 0.29) is 17.7 Å². The fraction of sp³-hybridized carbons (Fsp3) is 0.900. The Bertz CT molecular complexity index is 237. The summed E-state index contributed by atoms with van der Waals surface area (Å²) in [7, 11) is 0. The van der Waals surface area contributed by atoms with E-state index < -0.39 is 0 Å². The summed E-state index contributed by atoms with van der Waals surface area (Å²) in [4.78, 5) is 14.2. The van der Waals surface area contributed by atoms with E-state index in [0.717, 1.165) is 30.9 Å². The molecule has 2 rings (SSSR count). The molecular formula is C10H19ClN2OS2. The van der Waals surface area contributed by atoms with E-state index in [0.29, 0.717) is 18.5 Å². The molecule has 2 aliphatic rings. The molecule has 2 fully saturated rings. The topological polar surface area (TPSA) is 46.3 Å². The summed E-state index contributed by atoms with van der Waals surface area (Å²) in [6.07, 6.45) is 2.21. The van der Waals surface area contributed by atoms with Crippen LogP contribution < -0.4 is 5.73 Å². The largest absolute Gasteiger partial charge is 0.337 e. The first-order valence-corrected chi connectivity index (χ1v) is 7.73. The van der Waals surface area contributed by atoms with Crippen LogP contribution in [0.25, 0.3) is 0 Å². The third-order valence-electron chi connectivity index (χ3n) is 3.02. The van der Waals surface area contributed by atoms with Crippen LogP contribution in [-0.2, 0) is 4.79 Å². The maximum absolute atomic E-state index is 12.2. The van der Waals surface area contributed by atoms with Gasteiger partial charge in [-0.25, -0.2) is 0 Å². The molecule has 0 aromatic heterocycles. The van der Waals surface area contributed by atoms with Gasteiger partial charge < -0.3 is 10.6 Å². The standard InChI is InChI=1S/C10H18N2OS2.ClH/c11-6-8-2-1-3-12(8)10(13)9-7-14-4-5-15-9;/h8-9H,1-7,11H2;1H. The summed E-state index contributed by atoms with van der Waals surface area (Å²) < 4.78 is 0. The van der Waals surface area contributed by atoms with Gasteiger partial charge in [-0.2, -0.15) is 11.8 Å². The van der Waals surface area contributed by atoms with Crippen molar-refractivity contribution in [3.8, 4) is 0 Å². The fourth-order valence-corrected chi connectivity index (χ4v) is 4.80. The lowest BCUT2D eigenvalue weighted by molar-refractivity contribution is -0.130. The highest BCUT2D eigenvalue weighted by molar-refractivity contribution is 8.07. The van der Waals surface area contributed by atoms with E-state index in [4.69, 9.17) is 5.73 Å². The zero-order valence-corrected chi connectivity index (χ0v) is 11.7. The zero-order chi connectivity index (χ0) is 10.7. The van der Waals surface area contributed by atoms with E-state index >= 15 is 0 Å². The number of hydrogen-bond donors (Lipinski definition) is 1. The van der Waals surface area contributed by atoms with Gasteiger partial charge in [0, 0.05) is 36.4 Å². The second kappa shape index (κ2) is 6.99. The molecule has 2 heterocycles. The molecule has 6 heteroatoms. The minimum Gasteiger partial charge on any atom is -0.337 e. The lowest BCUT2D eigenvalue weighted by Gasteiger charge is -2.29. The van der Waals surface area contributed by atoms with Crippen molar-refractivity contribution in [3.05, 3.63) is 0 Å². The average Bonchev–Trinajstić information content (AvgIpc) is 2.77. The van der Waals surface area contributed by atoms with Crippen molar-refractivity contribution in [1.82, 2.24) is 4.90 Å². The average molecular weight is 283 g/mol. The quantitative estimate of drug-likeness (QED) is 0.827. The number of amides is 1. The highest BCUT2D eigenvalue weighted by atomic mass is 35.5. The van der Waals surface area contributed by atoms with E-state index in [9.17, 15) is 4.79 Å². The normalized spacial score (nSPS) is 29.9. The van der Waals surface area contributed by atoms with Crippen molar-refractivity contribution in [3.63, 3.8) is 0 Å². The van der Waals surface area contributed by atoms with Crippen LogP contribution in [0, 0.1) is 0 Å². The predicted octanol–water partition coefficient (Wildman–Crippen LogP) is 1.21. The van der Waals surface area contributed by atoms with Gasteiger partial charge >= 0.3 is 0 Å². The number of halogens is 1. The third kappa shape index (κ3) is 3.22. The van der Waals surface area contributed by atoms with Crippen LogP contribution >= 0.6 is 35.9 Å². The second-order valence-corrected chi connectivity index (χ2v) is 6.46. The Morgan fingerprint density at radius 2 is 2.25 bits per heavy atom. The Kier molecular flexibility index (Phi) is 6.32. The number of hydrogen-bond acceptors (Lipinski definition) is 4. The molecule has 0 aliphatic carbocycles. The maximum Gasteiger partial charge on any atom is 0.236 e. The molecule has 0 saturated carbocycles. The molecule has 2 aliphatic heterocycles. The summed E-state index contributed by atoms with van der Waals surface area (Å²) in [6, 6.07) is 0.310. The second-order valence-electron chi connectivity index (χ2n) is 4.00. The summed E-state index contributed by atoms with van der Waals surface area (Å²) >= 11 is 3.72. The van der Waals surface area contributed by atoms with Gasteiger partial charge in [-0.05, 0) is 12.8 Å². The fourth-order valence-electron chi connectivity index (χ4n) is 2.19. The Morgan fingerprint density at radius 1 is 1.44 bits per heavy atom. The molecule has 0 aromatic carbocycles. The van der Waals surface area contributed by atoms with Crippen molar-refractivity contribution in [2.45, 2.75) is 24.1 Å². The SMILES string of the molecule is Cl.NCC1CCCN1C(=O)C1CSCCS1. The van der Waals surface area contributed by atoms with Crippen molar-refractivity contribution in [1.29, 1.82) is 0 Å². The lowest BCUT2D eigenvalue weighted by Crippen LogP contribution is -2.45. The zero-order valence-electron chi connectivity index (χ0n) is 9.26. The summed E-state index contributed by atoms with van der Waals surface area (Å²) in [5.74, 6) is 3.62. The van der Waals surface area contributed by atoms with Crippen molar-refractivity contribution in [2.75, 3.05) is 30.3 Å². The van der Waals surface area contributed by atoms with Crippen LogP contribution in [0.15, 0.2) is 0 Å². The van der Waals surface area contributed by atoms with Crippen molar-refractivity contribution < 1.29 is 4.79 Å². The van der Waals surface area contributed by atoms with Gasteiger partial charge in [0.2, 0.25) is 5.91 Å². The number of likely N-dealkylation sites (tertiary alicyclic amines) is 1. The first-order valence-electron chi connectivity index (χ1n) is 5.53. The van der Waals surface area contributed by atoms with Crippen LogP contribution in [-0.4, -0.2) is 52.4 Å². The smallest absolute Gasteiger partial charge is 0.236 e. The molecule has 0 aromatic rings. The first-order chi connectivity index (χ1) is 7.33. The monoisotopic (exact) mass is 282 g/mol. The minimum atomic E-state index is 0. The molecular weight excluding hydrogens is 264 g/mol. The van der Waals surface area contributed by atoms with Crippen molar-refractivity contribution in [2.24, 2.45) is 5.73 Å². The first kappa shape index (κ1) is 14.5.